The third kappa shape index (κ3) is 6.37. The molecule has 0 aliphatic heterocycles. The van der Waals surface area contributed by atoms with Gasteiger partial charge in [-0.1, -0.05) is 200 Å². The van der Waals surface area contributed by atoms with Crippen molar-refractivity contribution >= 4 is 43.0 Å². The van der Waals surface area contributed by atoms with Crippen LogP contribution in [0.1, 0.15) is 0 Å². The monoisotopic (exact) mass is 769 g/mol. The van der Waals surface area contributed by atoms with E-state index in [-0.39, 0.29) is 0 Å². The Kier molecular flexibility index (Phi) is 8.68. The van der Waals surface area contributed by atoms with Gasteiger partial charge in [-0.3, -0.25) is 0 Å². The van der Waals surface area contributed by atoms with Crippen LogP contribution in [0.2, 0.25) is 0 Å². The number of aromatic nitrogens is 3. The summed E-state index contributed by atoms with van der Waals surface area (Å²) in [6.45, 7) is 0. The second kappa shape index (κ2) is 14.8. The van der Waals surface area contributed by atoms with Crippen molar-refractivity contribution in [1.82, 2.24) is 15.0 Å². The first-order chi connectivity index (χ1) is 29.2. The van der Waals surface area contributed by atoms with Crippen molar-refractivity contribution in [2.45, 2.75) is 0 Å². The Morgan fingerprint density at radius 2 is 0.712 bits per heavy atom. The topological polar surface area (TPSA) is 38.7 Å². The summed E-state index contributed by atoms with van der Waals surface area (Å²) in [4.78, 5) is 16.3. The van der Waals surface area contributed by atoms with Crippen LogP contribution in [-0.2, 0) is 0 Å². The molecule has 9 aromatic carbocycles. The SMILES string of the molecule is c1ccc(-c2ccc(-c3nc(-c4ccc(-c5c6ccccc6c(-c6ccccc6-c6ccccc6)c6ccccc56)cc4)nc(-c4cc5ccccc5s4)n3)cc2)cc1. The highest BCUT2D eigenvalue weighted by atomic mass is 32.1. The van der Waals surface area contributed by atoms with E-state index in [0.717, 1.165) is 27.1 Å². The first-order valence-electron chi connectivity index (χ1n) is 19.9. The molecule has 0 bridgehead atoms. The van der Waals surface area contributed by atoms with Crippen molar-refractivity contribution in [3.63, 3.8) is 0 Å². The highest BCUT2D eigenvalue weighted by molar-refractivity contribution is 7.22. The molecule has 0 aliphatic carbocycles. The third-order valence-electron chi connectivity index (χ3n) is 11.2. The number of benzene rings is 9. The van der Waals surface area contributed by atoms with E-state index in [9.17, 15) is 0 Å². The van der Waals surface area contributed by atoms with E-state index in [0.29, 0.717) is 17.5 Å². The average Bonchev–Trinajstić information content (AvgIpc) is 3.76. The minimum absolute atomic E-state index is 0.642. The molecular formula is C55H35N3S. The maximum Gasteiger partial charge on any atom is 0.174 e. The first-order valence-corrected chi connectivity index (χ1v) is 20.7. The summed E-state index contributed by atoms with van der Waals surface area (Å²) < 4.78 is 1.21. The van der Waals surface area contributed by atoms with Crippen LogP contribution < -0.4 is 0 Å². The van der Waals surface area contributed by atoms with Crippen LogP contribution >= 0.6 is 11.3 Å². The molecule has 0 saturated heterocycles. The summed E-state index contributed by atoms with van der Waals surface area (Å²) >= 11 is 1.71. The number of thiophene rings is 1. The number of hydrogen-bond acceptors (Lipinski definition) is 4. The second-order valence-corrected chi connectivity index (χ2v) is 15.8. The van der Waals surface area contributed by atoms with Crippen LogP contribution in [0.15, 0.2) is 212 Å². The Morgan fingerprint density at radius 3 is 1.31 bits per heavy atom. The number of fused-ring (bicyclic) bond motifs is 3. The molecule has 4 heteroatoms. The lowest BCUT2D eigenvalue weighted by molar-refractivity contribution is 1.08. The van der Waals surface area contributed by atoms with Crippen LogP contribution in [0.25, 0.3) is 110 Å². The van der Waals surface area contributed by atoms with Crippen molar-refractivity contribution in [2.24, 2.45) is 0 Å². The van der Waals surface area contributed by atoms with E-state index in [1.165, 1.54) is 65.0 Å². The molecule has 0 N–H and O–H groups in total. The van der Waals surface area contributed by atoms with Crippen molar-refractivity contribution < 1.29 is 0 Å². The molecule has 11 rings (SSSR count). The zero-order chi connectivity index (χ0) is 39.1. The van der Waals surface area contributed by atoms with Gasteiger partial charge in [-0.2, -0.15) is 0 Å². The van der Waals surface area contributed by atoms with Gasteiger partial charge in [-0.05, 0) is 83.6 Å². The minimum Gasteiger partial charge on any atom is -0.208 e. The molecule has 0 aliphatic rings. The lowest BCUT2D eigenvalue weighted by atomic mass is 9.84. The Hall–Kier alpha value is -7.53. The zero-order valence-electron chi connectivity index (χ0n) is 32.0. The standard InChI is InChI=1S/C55H35N3S/c1-3-15-36(16-4-1)37-27-31-40(32-28-37)53-56-54(58-55(57-53)50-35-42-19-7-14-26-49(42)59-50)41-33-29-39(30-34-41)51-45-22-10-12-24-47(45)52(48-25-13-11-23-46(48)51)44-21-9-8-20-43(44)38-17-5-2-6-18-38/h1-35H. The number of nitrogens with zero attached hydrogens (tertiary/aromatic N) is 3. The molecule has 0 spiro atoms. The summed E-state index contributed by atoms with van der Waals surface area (Å²) in [7, 11) is 0. The van der Waals surface area contributed by atoms with Crippen LogP contribution in [0.4, 0.5) is 0 Å². The van der Waals surface area contributed by atoms with E-state index < -0.39 is 0 Å². The van der Waals surface area contributed by atoms with Gasteiger partial charge in [-0.15, -0.1) is 11.3 Å². The largest absolute Gasteiger partial charge is 0.208 e. The van der Waals surface area contributed by atoms with Gasteiger partial charge >= 0.3 is 0 Å². The Morgan fingerprint density at radius 1 is 0.288 bits per heavy atom. The number of hydrogen-bond donors (Lipinski definition) is 0. The van der Waals surface area contributed by atoms with E-state index in [2.05, 4.69) is 206 Å². The average molecular weight is 770 g/mol. The van der Waals surface area contributed by atoms with Crippen LogP contribution in [0.3, 0.4) is 0 Å². The summed E-state index contributed by atoms with van der Waals surface area (Å²) in [6.07, 6.45) is 0. The Balaban J connectivity index is 1.04. The van der Waals surface area contributed by atoms with Gasteiger partial charge in [0.1, 0.15) is 0 Å². The van der Waals surface area contributed by atoms with Crippen molar-refractivity contribution in [3.05, 3.63) is 212 Å². The third-order valence-corrected chi connectivity index (χ3v) is 12.3. The molecule has 0 atom stereocenters. The maximum absolute atomic E-state index is 5.13. The van der Waals surface area contributed by atoms with Gasteiger partial charge in [0.05, 0.1) is 4.88 Å². The molecule has 276 valence electrons. The second-order valence-electron chi connectivity index (χ2n) is 14.7. The van der Waals surface area contributed by atoms with Crippen LogP contribution in [0.5, 0.6) is 0 Å². The first kappa shape index (κ1) is 34.7. The fourth-order valence-electron chi connectivity index (χ4n) is 8.36. The predicted molar refractivity (Wildman–Crippen MR) is 248 cm³/mol. The van der Waals surface area contributed by atoms with Gasteiger partial charge in [0, 0.05) is 15.8 Å². The molecule has 0 radical (unpaired) electrons. The normalized spacial score (nSPS) is 11.4. The van der Waals surface area contributed by atoms with E-state index >= 15 is 0 Å². The van der Waals surface area contributed by atoms with Gasteiger partial charge < -0.3 is 0 Å². The van der Waals surface area contributed by atoms with Crippen LogP contribution in [-0.4, -0.2) is 15.0 Å². The molecule has 2 heterocycles. The molecule has 0 amide bonds. The molecule has 59 heavy (non-hydrogen) atoms. The summed E-state index contributed by atoms with van der Waals surface area (Å²) in [5.74, 6) is 1.96. The minimum atomic E-state index is 0.642. The summed E-state index contributed by atoms with van der Waals surface area (Å²) in [5, 5.41) is 6.06. The molecule has 0 unspecified atom stereocenters. The Bertz CT molecular complexity index is 3210. The van der Waals surface area contributed by atoms with Gasteiger partial charge in [0.15, 0.2) is 17.5 Å². The fourth-order valence-corrected chi connectivity index (χ4v) is 9.36. The highest BCUT2D eigenvalue weighted by Crippen LogP contribution is 2.46. The zero-order valence-corrected chi connectivity index (χ0v) is 32.8. The van der Waals surface area contributed by atoms with Crippen molar-refractivity contribution in [2.75, 3.05) is 0 Å². The molecule has 0 saturated carbocycles. The predicted octanol–water partition coefficient (Wildman–Crippen LogP) is 15.1. The maximum atomic E-state index is 5.13. The van der Waals surface area contributed by atoms with E-state index in [4.69, 9.17) is 15.0 Å². The fraction of sp³-hybridized carbons (Fsp3) is 0. The van der Waals surface area contributed by atoms with Crippen LogP contribution in [0, 0.1) is 0 Å². The molecule has 2 aromatic heterocycles. The highest BCUT2D eigenvalue weighted by Gasteiger charge is 2.20. The Labute approximate surface area is 346 Å². The summed E-state index contributed by atoms with van der Waals surface area (Å²) in [5.41, 5.74) is 11.5. The lowest BCUT2D eigenvalue weighted by Gasteiger charge is -2.19. The van der Waals surface area contributed by atoms with Gasteiger partial charge in [-0.25, -0.2) is 15.0 Å². The molecule has 3 nitrogen and oxygen atoms in total. The molecule has 11 aromatic rings. The lowest BCUT2D eigenvalue weighted by Crippen LogP contribution is -1.99. The quantitative estimate of drug-likeness (QED) is 0.152. The summed E-state index contributed by atoms with van der Waals surface area (Å²) in [6, 6.07) is 75.4. The number of rotatable bonds is 7. The van der Waals surface area contributed by atoms with E-state index in [1.54, 1.807) is 11.3 Å². The van der Waals surface area contributed by atoms with Gasteiger partial charge in [0.25, 0.3) is 0 Å². The van der Waals surface area contributed by atoms with Crippen molar-refractivity contribution in [1.29, 1.82) is 0 Å². The van der Waals surface area contributed by atoms with E-state index in [1.807, 2.05) is 6.07 Å². The molecule has 0 fully saturated rings. The smallest absolute Gasteiger partial charge is 0.174 e. The van der Waals surface area contributed by atoms with Gasteiger partial charge in [0.2, 0.25) is 0 Å². The van der Waals surface area contributed by atoms with Crippen molar-refractivity contribution in [3.8, 4) is 78.0 Å². The molecular weight excluding hydrogens is 735 g/mol.